The molecule has 1 aliphatic rings. The molecular weight excluding hydrogens is 224 g/mol. The van der Waals surface area contributed by atoms with Crippen LogP contribution in [0.15, 0.2) is 6.07 Å². The van der Waals surface area contributed by atoms with Crippen LogP contribution in [0.25, 0.3) is 0 Å². The molecule has 2 rings (SSSR count). The number of aryl methyl sites for hydroxylation is 2. The van der Waals surface area contributed by atoms with Gasteiger partial charge in [0.25, 0.3) is 0 Å². The number of hydrogen-bond donors (Lipinski definition) is 0. The molecule has 1 aromatic rings. The largest absolute Gasteiger partial charge is 0.299 e. The van der Waals surface area contributed by atoms with Gasteiger partial charge in [-0.15, -0.1) is 0 Å². The zero-order chi connectivity index (χ0) is 13.1. The van der Waals surface area contributed by atoms with E-state index >= 15 is 0 Å². The maximum Gasteiger partial charge on any atom is 0.141 e. The minimum Gasteiger partial charge on any atom is -0.299 e. The fourth-order valence-electron chi connectivity index (χ4n) is 2.81. The van der Waals surface area contributed by atoms with E-state index in [1.54, 1.807) is 0 Å². The Morgan fingerprint density at radius 1 is 1.39 bits per heavy atom. The highest BCUT2D eigenvalue weighted by Gasteiger charge is 2.24. The SMILES string of the molecule is CCc1cc(CC(=O)C2CCC(C)CC2)n(C)n1. The second-order valence-electron chi connectivity index (χ2n) is 5.70. The molecule has 0 spiro atoms. The Hall–Kier alpha value is -1.12. The van der Waals surface area contributed by atoms with E-state index in [9.17, 15) is 4.79 Å². The van der Waals surface area contributed by atoms with Crippen molar-refractivity contribution in [3.8, 4) is 0 Å². The molecule has 3 nitrogen and oxygen atoms in total. The lowest BCUT2D eigenvalue weighted by molar-refractivity contribution is -0.123. The fourth-order valence-corrected chi connectivity index (χ4v) is 2.81. The summed E-state index contributed by atoms with van der Waals surface area (Å²) < 4.78 is 1.86. The van der Waals surface area contributed by atoms with Gasteiger partial charge in [0.2, 0.25) is 0 Å². The van der Waals surface area contributed by atoms with Gasteiger partial charge in [0.1, 0.15) is 5.78 Å². The van der Waals surface area contributed by atoms with E-state index in [4.69, 9.17) is 0 Å². The maximum atomic E-state index is 12.3. The van der Waals surface area contributed by atoms with E-state index in [2.05, 4.69) is 25.0 Å². The summed E-state index contributed by atoms with van der Waals surface area (Å²) in [6.45, 7) is 4.38. The molecule has 0 radical (unpaired) electrons. The molecule has 18 heavy (non-hydrogen) atoms. The number of aromatic nitrogens is 2. The lowest BCUT2D eigenvalue weighted by Crippen LogP contribution is -2.23. The van der Waals surface area contributed by atoms with E-state index in [0.717, 1.165) is 36.6 Å². The molecule has 0 unspecified atom stereocenters. The molecular formula is C15H24N2O. The van der Waals surface area contributed by atoms with E-state index < -0.39 is 0 Å². The zero-order valence-corrected chi connectivity index (χ0v) is 11.8. The molecule has 0 atom stereocenters. The van der Waals surface area contributed by atoms with Crippen LogP contribution in [0.4, 0.5) is 0 Å². The Bertz CT molecular complexity index is 414. The molecule has 1 fully saturated rings. The van der Waals surface area contributed by atoms with Crippen LogP contribution in [0.3, 0.4) is 0 Å². The van der Waals surface area contributed by atoms with Gasteiger partial charge in [-0.2, -0.15) is 5.10 Å². The molecule has 1 heterocycles. The van der Waals surface area contributed by atoms with Crippen molar-refractivity contribution in [2.24, 2.45) is 18.9 Å². The van der Waals surface area contributed by atoms with Gasteiger partial charge in [0.05, 0.1) is 5.69 Å². The lowest BCUT2D eigenvalue weighted by atomic mass is 9.80. The molecule has 0 aromatic carbocycles. The van der Waals surface area contributed by atoms with Crippen LogP contribution in [0.1, 0.15) is 50.9 Å². The number of carbonyl (C=O) groups excluding carboxylic acids is 1. The van der Waals surface area contributed by atoms with Gasteiger partial charge in [-0.05, 0) is 31.2 Å². The number of nitrogens with zero attached hydrogens (tertiary/aromatic N) is 2. The minimum absolute atomic E-state index is 0.293. The molecule has 1 aliphatic carbocycles. The predicted octanol–water partition coefficient (Wildman–Crippen LogP) is 2.92. The van der Waals surface area contributed by atoms with Gasteiger partial charge < -0.3 is 0 Å². The smallest absolute Gasteiger partial charge is 0.141 e. The number of hydrogen-bond acceptors (Lipinski definition) is 2. The van der Waals surface area contributed by atoms with Crippen LogP contribution < -0.4 is 0 Å². The van der Waals surface area contributed by atoms with Gasteiger partial charge in [-0.3, -0.25) is 9.48 Å². The number of rotatable bonds is 4. The third-order valence-electron chi connectivity index (χ3n) is 4.22. The second-order valence-corrected chi connectivity index (χ2v) is 5.70. The number of carbonyl (C=O) groups is 1. The first-order valence-electron chi connectivity index (χ1n) is 7.14. The normalized spacial score (nSPS) is 24.2. The van der Waals surface area contributed by atoms with Crippen molar-refractivity contribution in [1.82, 2.24) is 9.78 Å². The van der Waals surface area contributed by atoms with Crippen molar-refractivity contribution in [1.29, 1.82) is 0 Å². The van der Waals surface area contributed by atoms with Crippen LogP contribution >= 0.6 is 0 Å². The summed E-state index contributed by atoms with van der Waals surface area (Å²) in [4.78, 5) is 12.3. The molecule has 0 saturated heterocycles. The van der Waals surface area contributed by atoms with Crippen molar-refractivity contribution in [3.63, 3.8) is 0 Å². The van der Waals surface area contributed by atoms with Crippen LogP contribution in [0.2, 0.25) is 0 Å². The third kappa shape index (κ3) is 3.01. The molecule has 3 heteroatoms. The van der Waals surface area contributed by atoms with Gasteiger partial charge in [-0.1, -0.05) is 26.7 Å². The summed E-state index contributed by atoms with van der Waals surface area (Å²) in [6, 6.07) is 2.07. The quantitative estimate of drug-likeness (QED) is 0.821. The molecule has 100 valence electrons. The summed E-state index contributed by atoms with van der Waals surface area (Å²) in [6.07, 6.45) is 6.08. The Kier molecular flexibility index (Phi) is 4.20. The molecule has 0 amide bonds. The number of ketones is 1. The van der Waals surface area contributed by atoms with E-state index in [1.807, 2.05) is 11.7 Å². The first-order valence-corrected chi connectivity index (χ1v) is 7.14. The summed E-state index contributed by atoms with van der Waals surface area (Å²) in [7, 11) is 1.94. The summed E-state index contributed by atoms with van der Waals surface area (Å²) in [5.74, 6) is 1.51. The van der Waals surface area contributed by atoms with E-state index in [0.29, 0.717) is 18.1 Å². The minimum atomic E-state index is 0.293. The predicted molar refractivity (Wildman–Crippen MR) is 72.4 cm³/mol. The Balaban J connectivity index is 1.96. The van der Waals surface area contributed by atoms with Crippen molar-refractivity contribution < 1.29 is 4.79 Å². The average Bonchev–Trinajstić information content (AvgIpc) is 2.71. The third-order valence-corrected chi connectivity index (χ3v) is 4.22. The van der Waals surface area contributed by atoms with Crippen LogP contribution in [-0.4, -0.2) is 15.6 Å². The van der Waals surface area contributed by atoms with Gasteiger partial charge in [0.15, 0.2) is 0 Å². The average molecular weight is 248 g/mol. The standard InChI is InChI=1S/C15H24N2O/c1-4-13-9-14(17(3)16-13)10-15(18)12-7-5-11(2)6-8-12/h9,11-12H,4-8,10H2,1-3H3. The molecule has 1 aromatic heterocycles. The molecule has 0 N–H and O–H groups in total. The molecule has 0 bridgehead atoms. The summed E-state index contributed by atoms with van der Waals surface area (Å²) in [5, 5.41) is 4.40. The topological polar surface area (TPSA) is 34.9 Å². The highest BCUT2D eigenvalue weighted by molar-refractivity contribution is 5.83. The lowest BCUT2D eigenvalue weighted by Gasteiger charge is -2.24. The second kappa shape index (κ2) is 5.68. The van der Waals surface area contributed by atoms with Gasteiger partial charge in [-0.25, -0.2) is 0 Å². The highest BCUT2D eigenvalue weighted by atomic mass is 16.1. The fraction of sp³-hybridized carbons (Fsp3) is 0.733. The van der Waals surface area contributed by atoms with Crippen LogP contribution in [0, 0.1) is 11.8 Å². The first-order chi connectivity index (χ1) is 8.60. The Labute approximate surface area is 110 Å². The Morgan fingerprint density at radius 2 is 2.06 bits per heavy atom. The summed E-state index contributed by atoms with van der Waals surface area (Å²) in [5.41, 5.74) is 2.15. The zero-order valence-electron chi connectivity index (χ0n) is 11.8. The van der Waals surface area contributed by atoms with Gasteiger partial charge in [0, 0.05) is 25.1 Å². The van der Waals surface area contributed by atoms with E-state index in [1.165, 1.54) is 12.8 Å². The van der Waals surface area contributed by atoms with Gasteiger partial charge >= 0.3 is 0 Å². The van der Waals surface area contributed by atoms with Crippen LogP contribution in [0.5, 0.6) is 0 Å². The van der Waals surface area contributed by atoms with Crippen LogP contribution in [-0.2, 0) is 24.7 Å². The van der Waals surface area contributed by atoms with Crippen molar-refractivity contribution in [2.75, 3.05) is 0 Å². The van der Waals surface area contributed by atoms with E-state index in [-0.39, 0.29) is 0 Å². The monoisotopic (exact) mass is 248 g/mol. The summed E-state index contributed by atoms with van der Waals surface area (Å²) >= 11 is 0. The van der Waals surface area contributed by atoms with Crippen molar-refractivity contribution in [2.45, 2.75) is 52.4 Å². The highest BCUT2D eigenvalue weighted by Crippen LogP contribution is 2.29. The Morgan fingerprint density at radius 3 is 2.61 bits per heavy atom. The van der Waals surface area contributed by atoms with Crippen molar-refractivity contribution >= 4 is 5.78 Å². The number of Topliss-reactive ketones (excluding diaryl/α,β-unsaturated/α-hetero) is 1. The molecule has 0 aliphatic heterocycles. The maximum absolute atomic E-state index is 12.3. The molecule has 1 saturated carbocycles. The van der Waals surface area contributed by atoms with Crippen molar-refractivity contribution in [3.05, 3.63) is 17.5 Å². The first kappa shape index (κ1) is 13.3.